The molecule has 0 unspecified atom stereocenters. The molecule has 0 aliphatic heterocycles. The van der Waals surface area contributed by atoms with Crippen LogP contribution in [0.3, 0.4) is 0 Å². The molecule has 0 amide bonds. The van der Waals surface area contributed by atoms with Crippen LogP contribution in [0, 0.1) is 0 Å². The molecule has 5 nitrogen and oxygen atoms in total. The molecular weight excluding hydrogens is 322 g/mol. The Balaban J connectivity index is 2.40. The summed E-state index contributed by atoms with van der Waals surface area (Å²) in [5.74, 6) is -0.841. The molecule has 7 heteroatoms. The topological polar surface area (TPSA) is 74.7 Å². The van der Waals surface area contributed by atoms with E-state index < -0.39 is 16.0 Å². The number of thiophene rings is 1. The minimum Gasteiger partial charge on any atom is -0.477 e. The van der Waals surface area contributed by atoms with Crippen LogP contribution in [0.15, 0.2) is 40.6 Å². The first-order chi connectivity index (χ1) is 10.2. The second kappa shape index (κ2) is 6.10. The number of rotatable bonds is 5. The monoisotopic (exact) mass is 339 g/mol. The van der Waals surface area contributed by atoms with E-state index in [0.717, 1.165) is 16.9 Å². The average molecular weight is 339 g/mol. The quantitative estimate of drug-likeness (QED) is 0.906. The lowest BCUT2D eigenvalue weighted by Crippen LogP contribution is -2.26. The first-order valence-electron chi connectivity index (χ1n) is 6.64. The summed E-state index contributed by atoms with van der Waals surface area (Å²) in [5.41, 5.74) is 1.59. The molecule has 0 bridgehead atoms. The normalized spacial score (nSPS) is 11.6. The first kappa shape index (κ1) is 16.5. The molecule has 1 N–H and O–H groups in total. The van der Waals surface area contributed by atoms with E-state index in [4.69, 9.17) is 5.11 Å². The van der Waals surface area contributed by atoms with Crippen molar-refractivity contribution in [2.75, 3.05) is 11.4 Å². The summed E-state index contributed by atoms with van der Waals surface area (Å²) < 4.78 is 26.4. The number of anilines is 1. The van der Waals surface area contributed by atoms with Crippen molar-refractivity contribution in [3.63, 3.8) is 0 Å². The number of sulfonamides is 1. The van der Waals surface area contributed by atoms with Gasteiger partial charge in [0, 0.05) is 12.4 Å². The number of carboxylic acids is 1. The first-order valence-corrected chi connectivity index (χ1v) is 8.96. The van der Waals surface area contributed by atoms with Crippen LogP contribution in [0.2, 0.25) is 0 Å². The van der Waals surface area contributed by atoms with Gasteiger partial charge in [-0.3, -0.25) is 4.31 Å². The van der Waals surface area contributed by atoms with Crippen LogP contribution in [-0.4, -0.2) is 26.5 Å². The van der Waals surface area contributed by atoms with Gasteiger partial charge in [-0.05, 0) is 29.7 Å². The highest BCUT2D eigenvalue weighted by atomic mass is 32.2. The molecule has 118 valence electrons. The Morgan fingerprint density at radius 1 is 1.27 bits per heavy atom. The van der Waals surface area contributed by atoms with Crippen molar-refractivity contribution in [2.24, 2.45) is 0 Å². The number of benzene rings is 1. The Kier molecular flexibility index (Phi) is 4.58. The number of carboxylic acid groups (broad SMARTS) is 1. The number of nitrogens with zero attached hydrogens (tertiary/aromatic N) is 1. The van der Waals surface area contributed by atoms with E-state index in [1.165, 1.54) is 22.8 Å². The van der Waals surface area contributed by atoms with Crippen molar-refractivity contribution >= 4 is 33.0 Å². The number of hydrogen-bond donors (Lipinski definition) is 1. The van der Waals surface area contributed by atoms with E-state index in [0.29, 0.717) is 5.69 Å². The van der Waals surface area contributed by atoms with Crippen molar-refractivity contribution < 1.29 is 18.3 Å². The average Bonchev–Trinajstić information content (AvgIpc) is 2.97. The van der Waals surface area contributed by atoms with Crippen molar-refractivity contribution in [3.05, 3.63) is 46.2 Å². The van der Waals surface area contributed by atoms with Crippen LogP contribution in [0.25, 0.3) is 0 Å². The maximum absolute atomic E-state index is 12.6. The smallest absolute Gasteiger partial charge is 0.345 e. The molecule has 0 spiro atoms. The molecule has 0 atom stereocenters. The maximum Gasteiger partial charge on any atom is 0.345 e. The lowest BCUT2D eigenvalue weighted by Gasteiger charge is -2.20. The molecule has 1 aromatic carbocycles. The van der Waals surface area contributed by atoms with Crippen LogP contribution < -0.4 is 4.31 Å². The molecule has 1 heterocycles. The largest absolute Gasteiger partial charge is 0.477 e. The van der Waals surface area contributed by atoms with Gasteiger partial charge < -0.3 is 5.11 Å². The molecule has 2 aromatic rings. The van der Waals surface area contributed by atoms with Gasteiger partial charge in [-0.2, -0.15) is 0 Å². The van der Waals surface area contributed by atoms with E-state index in [1.54, 1.807) is 6.07 Å². The zero-order chi connectivity index (χ0) is 16.5. The molecular formula is C15H17NO4S2. The number of carbonyl (C=O) groups is 1. The summed E-state index contributed by atoms with van der Waals surface area (Å²) in [7, 11) is -2.30. The molecule has 0 fully saturated rings. The van der Waals surface area contributed by atoms with Crippen molar-refractivity contribution in [3.8, 4) is 0 Å². The Morgan fingerprint density at radius 2 is 1.95 bits per heavy atom. The fraction of sp³-hybridized carbons (Fsp3) is 0.267. The zero-order valence-electron chi connectivity index (χ0n) is 12.5. The van der Waals surface area contributed by atoms with Crippen LogP contribution in [0.4, 0.5) is 5.69 Å². The van der Waals surface area contributed by atoms with E-state index in [1.807, 2.05) is 32.0 Å². The van der Waals surface area contributed by atoms with Gasteiger partial charge in [0.25, 0.3) is 10.0 Å². The SMILES string of the molecule is CC(C)c1cccc(N(C)S(=O)(=O)c2csc(C(=O)O)c2)c1. The van der Waals surface area contributed by atoms with Crippen LogP contribution in [0.1, 0.15) is 35.0 Å². The molecule has 0 aliphatic rings. The van der Waals surface area contributed by atoms with Gasteiger partial charge in [-0.15, -0.1) is 11.3 Å². The summed E-state index contributed by atoms with van der Waals surface area (Å²) in [6.07, 6.45) is 0. The van der Waals surface area contributed by atoms with Gasteiger partial charge in [0.2, 0.25) is 0 Å². The molecule has 22 heavy (non-hydrogen) atoms. The zero-order valence-corrected chi connectivity index (χ0v) is 14.1. The number of hydrogen-bond acceptors (Lipinski definition) is 4. The highest BCUT2D eigenvalue weighted by Gasteiger charge is 2.24. The molecule has 0 radical (unpaired) electrons. The van der Waals surface area contributed by atoms with Crippen LogP contribution in [-0.2, 0) is 10.0 Å². The predicted molar refractivity (Wildman–Crippen MR) is 87.4 cm³/mol. The third-order valence-electron chi connectivity index (χ3n) is 3.35. The molecule has 0 aliphatic carbocycles. The minimum atomic E-state index is -3.77. The van der Waals surface area contributed by atoms with Gasteiger partial charge in [0.15, 0.2) is 0 Å². The Labute approximate surface area is 133 Å². The van der Waals surface area contributed by atoms with Crippen molar-refractivity contribution in [1.82, 2.24) is 0 Å². The van der Waals surface area contributed by atoms with E-state index in [9.17, 15) is 13.2 Å². The fourth-order valence-electron chi connectivity index (χ4n) is 1.94. The second-order valence-electron chi connectivity index (χ2n) is 5.17. The van der Waals surface area contributed by atoms with Gasteiger partial charge in [-0.1, -0.05) is 26.0 Å². The molecule has 0 saturated carbocycles. The Hall–Kier alpha value is -1.86. The second-order valence-corrected chi connectivity index (χ2v) is 8.05. The van der Waals surface area contributed by atoms with E-state index in [2.05, 4.69) is 0 Å². The fourth-order valence-corrected chi connectivity index (χ4v) is 4.23. The molecule has 2 rings (SSSR count). The summed E-state index contributed by atoms with van der Waals surface area (Å²) in [5, 5.41) is 10.3. The third kappa shape index (κ3) is 3.15. The van der Waals surface area contributed by atoms with Gasteiger partial charge >= 0.3 is 5.97 Å². The van der Waals surface area contributed by atoms with Gasteiger partial charge in [-0.25, -0.2) is 13.2 Å². The van der Waals surface area contributed by atoms with Crippen molar-refractivity contribution in [2.45, 2.75) is 24.7 Å². The predicted octanol–water partition coefficient (Wildman–Crippen LogP) is 3.39. The highest BCUT2D eigenvalue weighted by molar-refractivity contribution is 7.93. The standard InChI is InChI=1S/C15H17NO4S2/c1-10(2)11-5-4-6-12(7-11)16(3)22(19,20)13-8-14(15(17)18)21-9-13/h4-10H,1-3H3,(H,17,18). The van der Waals surface area contributed by atoms with E-state index >= 15 is 0 Å². The number of aromatic carboxylic acids is 1. The third-order valence-corrected chi connectivity index (χ3v) is 6.18. The van der Waals surface area contributed by atoms with Crippen LogP contribution >= 0.6 is 11.3 Å². The Morgan fingerprint density at radius 3 is 2.50 bits per heavy atom. The van der Waals surface area contributed by atoms with Crippen molar-refractivity contribution in [1.29, 1.82) is 0 Å². The maximum atomic E-state index is 12.6. The summed E-state index contributed by atoms with van der Waals surface area (Å²) in [4.78, 5) is 10.9. The van der Waals surface area contributed by atoms with Gasteiger partial charge in [0.1, 0.15) is 4.88 Å². The molecule has 0 saturated heterocycles. The van der Waals surface area contributed by atoms with E-state index in [-0.39, 0.29) is 15.7 Å². The Bertz CT molecular complexity index is 793. The minimum absolute atomic E-state index is 0.00269. The summed E-state index contributed by atoms with van der Waals surface area (Å²) >= 11 is 0.900. The van der Waals surface area contributed by atoms with Crippen LogP contribution in [0.5, 0.6) is 0 Å². The summed E-state index contributed by atoms with van der Waals surface area (Å²) in [6.45, 7) is 4.07. The highest BCUT2D eigenvalue weighted by Crippen LogP contribution is 2.27. The lowest BCUT2D eigenvalue weighted by atomic mass is 10.0. The van der Waals surface area contributed by atoms with Gasteiger partial charge in [0.05, 0.1) is 10.6 Å². The lowest BCUT2D eigenvalue weighted by molar-refractivity contribution is 0.0702. The molecule has 1 aromatic heterocycles. The summed E-state index contributed by atoms with van der Waals surface area (Å²) in [6, 6.07) is 8.49.